The molecule has 1 amide bonds. The molecule has 2 aromatic carbocycles. The maximum absolute atomic E-state index is 13.0. The second-order valence-electron chi connectivity index (χ2n) is 5.43. The summed E-state index contributed by atoms with van der Waals surface area (Å²) < 4.78 is 52.2. The van der Waals surface area contributed by atoms with E-state index < -0.39 is 23.2 Å². The summed E-state index contributed by atoms with van der Waals surface area (Å²) in [5.74, 6) is -1.28. The Hall–Kier alpha value is -2.74. The van der Waals surface area contributed by atoms with Crippen LogP contribution >= 0.6 is 11.3 Å². The van der Waals surface area contributed by atoms with E-state index in [-0.39, 0.29) is 10.9 Å². The highest BCUT2D eigenvalue weighted by molar-refractivity contribution is 7.16. The minimum absolute atomic E-state index is 0.170. The molecule has 3 aromatic rings. The van der Waals surface area contributed by atoms with E-state index in [0.29, 0.717) is 11.3 Å². The molecular formula is C18H12F4N2OS. The molecule has 26 heavy (non-hydrogen) atoms. The second-order valence-corrected chi connectivity index (χ2v) is 6.63. The van der Waals surface area contributed by atoms with Gasteiger partial charge in [0.15, 0.2) is 5.13 Å². The number of amides is 1. The van der Waals surface area contributed by atoms with Gasteiger partial charge in [-0.15, -0.1) is 11.3 Å². The summed E-state index contributed by atoms with van der Waals surface area (Å²) in [6.45, 7) is 1.76. The fraction of sp³-hybridized carbons (Fsp3) is 0.111. The van der Waals surface area contributed by atoms with Crippen LogP contribution in [0.4, 0.5) is 22.7 Å². The minimum Gasteiger partial charge on any atom is -0.298 e. The van der Waals surface area contributed by atoms with Crippen LogP contribution < -0.4 is 5.32 Å². The number of anilines is 1. The average Bonchev–Trinajstić information content (AvgIpc) is 2.95. The van der Waals surface area contributed by atoms with Gasteiger partial charge in [-0.1, -0.05) is 12.1 Å². The molecule has 8 heteroatoms. The molecule has 0 bridgehead atoms. The Bertz CT molecular complexity index is 949. The third-order valence-corrected chi connectivity index (χ3v) is 4.50. The summed E-state index contributed by atoms with van der Waals surface area (Å²) in [7, 11) is 0. The van der Waals surface area contributed by atoms with Crippen LogP contribution in [-0.4, -0.2) is 10.9 Å². The predicted octanol–water partition coefficient (Wildman–Crippen LogP) is 5.53. The molecule has 3 nitrogen and oxygen atoms in total. The number of alkyl halides is 3. The van der Waals surface area contributed by atoms with Crippen molar-refractivity contribution < 1.29 is 22.4 Å². The summed E-state index contributed by atoms with van der Waals surface area (Å²) in [6.07, 6.45) is -4.63. The summed E-state index contributed by atoms with van der Waals surface area (Å²) in [6, 6.07) is 10.2. The molecule has 0 saturated heterocycles. The molecule has 1 aromatic heterocycles. The van der Waals surface area contributed by atoms with Gasteiger partial charge in [-0.05, 0) is 43.3 Å². The maximum Gasteiger partial charge on any atom is 0.417 e. The van der Waals surface area contributed by atoms with Gasteiger partial charge < -0.3 is 0 Å². The van der Waals surface area contributed by atoms with E-state index in [4.69, 9.17) is 0 Å². The van der Waals surface area contributed by atoms with Crippen LogP contribution in [0.2, 0.25) is 0 Å². The molecule has 3 rings (SSSR count). The quantitative estimate of drug-likeness (QED) is 0.607. The van der Waals surface area contributed by atoms with Crippen LogP contribution in [0.25, 0.3) is 11.3 Å². The lowest BCUT2D eigenvalue weighted by Gasteiger charge is -2.11. The topological polar surface area (TPSA) is 42.0 Å². The Labute approximate surface area is 150 Å². The van der Waals surface area contributed by atoms with Crippen LogP contribution in [0.1, 0.15) is 20.8 Å². The van der Waals surface area contributed by atoms with Gasteiger partial charge in [0.2, 0.25) is 0 Å². The number of hydrogen-bond acceptors (Lipinski definition) is 3. The Balaban J connectivity index is 1.88. The minimum atomic E-state index is -4.63. The molecule has 0 spiro atoms. The highest BCUT2D eigenvalue weighted by atomic mass is 32.1. The van der Waals surface area contributed by atoms with Crippen molar-refractivity contribution in [1.29, 1.82) is 0 Å². The average molecular weight is 380 g/mol. The lowest BCUT2D eigenvalue weighted by Crippen LogP contribution is -2.18. The van der Waals surface area contributed by atoms with Gasteiger partial charge in [0.25, 0.3) is 5.91 Å². The Morgan fingerprint density at radius 2 is 1.73 bits per heavy atom. The number of carbonyl (C=O) groups excluding carboxylic acids is 1. The van der Waals surface area contributed by atoms with Crippen molar-refractivity contribution in [1.82, 2.24) is 4.98 Å². The number of aryl methyl sites for hydroxylation is 1. The summed E-state index contributed by atoms with van der Waals surface area (Å²) in [5, 5.41) is 2.58. The maximum atomic E-state index is 13.0. The van der Waals surface area contributed by atoms with Gasteiger partial charge in [0, 0.05) is 10.4 Å². The second kappa shape index (κ2) is 6.87. The third-order valence-electron chi connectivity index (χ3n) is 3.61. The molecule has 0 aliphatic carbocycles. The smallest absolute Gasteiger partial charge is 0.298 e. The molecule has 0 aliphatic heterocycles. The zero-order valence-electron chi connectivity index (χ0n) is 13.4. The number of benzene rings is 2. The lowest BCUT2D eigenvalue weighted by atomic mass is 10.1. The molecular weight excluding hydrogens is 368 g/mol. The number of carbonyl (C=O) groups is 1. The van der Waals surface area contributed by atoms with Crippen LogP contribution in [0.5, 0.6) is 0 Å². The van der Waals surface area contributed by atoms with Crippen LogP contribution in [0.15, 0.2) is 48.5 Å². The highest BCUT2D eigenvalue weighted by Gasteiger charge is 2.35. The van der Waals surface area contributed by atoms with Crippen molar-refractivity contribution in [3.63, 3.8) is 0 Å². The lowest BCUT2D eigenvalue weighted by molar-refractivity contribution is -0.137. The third kappa shape index (κ3) is 3.75. The highest BCUT2D eigenvalue weighted by Crippen LogP contribution is 2.33. The summed E-state index contributed by atoms with van der Waals surface area (Å²) in [4.78, 5) is 17.3. The molecule has 134 valence electrons. The summed E-state index contributed by atoms with van der Waals surface area (Å²) >= 11 is 1.13. The van der Waals surface area contributed by atoms with Crippen LogP contribution in [0, 0.1) is 12.7 Å². The molecule has 0 unspecified atom stereocenters. The Kier molecular flexibility index (Phi) is 4.78. The first-order valence-electron chi connectivity index (χ1n) is 7.46. The van der Waals surface area contributed by atoms with Crippen molar-refractivity contribution in [2.75, 3.05) is 5.32 Å². The van der Waals surface area contributed by atoms with Gasteiger partial charge in [0.1, 0.15) is 5.82 Å². The normalized spacial score (nSPS) is 11.4. The first-order valence-corrected chi connectivity index (χ1v) is 8.28. The molecule has 1 heterocycles. The van der Waals surface area contributed by atoms with Gasteiger partial charge in [-0.3, -0.25) is 10.1 Å². The van der Waals surface area contributed by atoms with E-state index in [1.54, 1.807) is 19.1 Å². The van der Waals surface area contributed by atoms with Gasteiger partial charge in [-0.2, -0.15) is 13.2 Å². The monoisotopic (exact) mass is 380 g/mol. The number of thiazole rings is 1. The molecule has 0 fully saturated rings. The Morgan fingerprint density at radius 3 is 2.38 bits per heavy atom. The van der Waals surface area contributed by atoms with E-state index in [1.165, 1.54) is 24.3 Å². The van der Waals surface area contributed by atoms with E-state index in [2.05, 4.69) is 10.3 Å². The van der Waals surface area contributed by atoms with Crippen molar-refractivity contribution in [3.8, 4) is 11.3 Å². The predicted molar refractivity (Wildman–Crippen MR) is 91.6 cm³/mol. The number of nitrogens with zero attached hydrogens (tertiary/aromatic N) is 1. The largest absolute Gasteiger partial charge is 0.417 e. The number of halogens is 4. The molecule has 0 saturated carbocycles. The fourth-order valence-corrected chi connectivity index (χ4v) is 3.25. The Morgan fingerprint density at radius 1 is 1.08 bits per heavy atom. The first kappa shape index (κ1) is 18.1. The van der Waals surface area contributed by atoms with Gasteiger partial charge in [-0.25, -0.2) is 9.37 Å². The zero-order valence-corrected chi connectivity index (χ0v) is 14.2. The SMILES string of the molecule is Cc1sc(NC(=O)c2ccccc2C(F)(F)F)nc1-c1ccc(F)cc1. The van der Waals surface area contributed by atoms with E-state index in [1.807, 2.05) is 0 Å². The van der Waals surface area contributed by atoms with Crippen LogP contribution in [0.3, 0.4) is 0 Å². The first-order chi connectivity index (χ1) is 12.3. The zero-order chi connectivity index (χ0) is 18.9. The number of aromatic nitrogens is 1. The van der Waals surface area contributed by atoms with Crippen molar-refractivity contribution >= 4 is 22.4 Å². The van der Waals surface area contributed by atoms with Crippen LogP contribution in [-0.2, 0) is 6.18 Å². The van der Waals surface area contributed by atoms with Gasteiger partial charge >= 0.3 is 6.18 Å². The molecule has 0 aliphatic rings. The van der Waals surface area contributed by atoms with Crippen molar-refractivity contribution in [2.45, 2.75) is 13.1 Å². The molecule has 0 atom stereocenters. The summed E-state index contributed by atoms with van der Waals surface area (Å²) in [5.41, 5.74) is -0.300. The number of hydrogen-bond donors (Lipinski definition) is 1. The van der Waals surface area contributed by atoms with E-state index >= 15 is 0 Å². The van der Waals surface area contributed by atoms with E-state index in [0.717, 1.165) is 28.3 Å². The number of rotatable bonds is 3. The standard InChI is InChI=1S/C18H12F4N2OS/c1-10-15(11-6-8-12(19)9-7-11)23-17(26-10)24-16(25)13-4-2-3-5-14(13)18(20,21)22/h2-9H,1H3,(H,23,24,25). The molecule has 1 N–H and O–H groups in total. The van der Waals surface area contributed by atoms with E-state index in [9.17, 15) is 22.4 Å². The van der Waals surface area contributed by atoms with Crippen molar-refractivity contribution in [2.24, 2.45) is 0 Å². The van der Waals surface area contributed by atoms with Gasteiger partial charge in [0.05, 0.1) is 16.8 Å². The van der Waals surface area contributed by atoms with Crippen molar-refractivity contribution in [3.05, 3.63) is 70.4 Å². The number of nitrogens with one attached hydrogen (secondary N) is 1. The molecule has 0 radical (unpaired) electrons. The fourth-order valence-electron chi connectivity index (χ4n) is 2.42.